The molecule has 2 heterocycles. The average molecular weight is 243 g/mol. The van der Waals surface area contributed by atoms with E-state index in [1.165, 1.54) is 0 Å². The lowest BCUT2D eigenvalue weighted by Crippen LogP contribution is -2.06. The van der Waals surface area contributed by atoms with Crippen molar-refractivity contribution in [2.45, 2.75) is 26.3 Å². The van der Waals surface area contributed by atoms with E-state index in [9.17, 15) is 0 Å². The van der Waals surface area contributed by atoms with Gasteiger partial charge >= 0.3 is 0 Å². The summed E-state index contributed by atoms with van der Waals surface area (Å²) in [6.45, 7) is 2.56. The Morgan fingerprint density at radius 2 is 2.28 bits per heavy atom. The summed E-state index contributed by atoms with van der Waals surface area (Å²) in [6.07, 6.45) is 10.9. The minimum absolute atomic E-state index is 0.453. The number of hydrogen-bond acceptors (Lipinski definition) is 3. The Morgan fingerprint density at radius 3 is 2.83 bits per heavy atom. The molecule has 0 aliphatic rings. The molecule has 0 atom stereocenters. The van der Waals surface area contributed by atoms with E-state index in [0.29, 0.717) is 12.4 Å². The van der Waals surface area contributed by atoms with E-state index in [4.69, 9.17) is 12.2 Å². The molecule has 2 aromatic rings. The predicted octanol–water partition coefficient (Wildman–Crippen LogP) is 1.45. The highest BCUT2D eigenvalue weighted by molar-refractivity contribution is 5.70. The van der Waals surface area contributed by atoms with Crippen LogP contribution in [-0.4, -0.2) is 19.3 Å². The Balaban J connectivity index is 2.49. The van der Waals surface area contributed by atoms with Gasteiger partial charge in [0.15, 0.2) is 0 Å². The molecule has 2 aromatic heterocycles. The van der Waals surface area contributed by atoms with E-state index >= 15 is 0 Å². The summed E-state index contributed by atoms with van der Waals surface area (Å²) in [6, 6.07) is 0. The van der Waals surface area contributed by atoms with Gasteiger partial charge in [0, 0.05) is 25.2 Å². The number of aromatic nitrogens is 4. The summed E-state index contributed by atoms with van der Waals surface area (Å²) in [7, 11) is 1.87. The van der Waals surface area contributed by atoms with Crippen LogP contribution in [0.3, 0.4) is 0 Å². The first-order chi connectivity index (χ1) is 8.67. The quantitative estimate of drug-likeness (QED) is 0.827. The normalized spacial score (nSPS) is 10.5. The van der Waals surface area contributed by atoms with Crippen LogP contribution in [0.5, 0.6) is 0 Å². The molecule has 0 fully saturated rings. The van der Waals surface area contributed by atoms with Crippen LogP contribution in [0.4, 0.5) is 5.82 Å². The van der Waals surface area contributed by atoms with Gasteiger partial charge in [-0.15, -0.1) is 6.42 Å². The van der Waals surface area contributed by atoms with Crippen molar-refractivity contribution in [2.24, 2.45) is 7.05 Å². The second-order valence-corrected chi connectivity index (χ2v) is 4.20. The Kier molecular flexibility index (Phi) is 3.38. The van der Waals surface area contributed by atoms with Gasteiger partial charge in [-0.25, -0.2) is 4.98 Å². The van der Waals surface area contributed by atoms with Crippen LogP contribution in [0.2, 0.25) is 0 Å². The molecule has 0 unspecified atom stereocenters. The number of nitrogen functional groups attached to an aromatic ring is 1. The smallest absolute Gasteiger partial charge is 0.132 e. The maximum atomic E-state index is 6.13. The Bertz CT molecular complexity index is 585. The second-order valence-electron chi connectivity index (χ2n) is 4.20. The van der Waals surface area contributed by atoms with Gasteiger partial charge in [0.25, 0.3) is 0 Å². The Labute approximate surface area is 107 Å². The molecule has 2 rings (SSSR count). The number of nitrogens with two attached hydrogens (primary N) is 1. The third-order valence-corrected chi connectivity index (χ3v) is 2.79. The molecular weight excluding hydrogens is 226 g/mol. The highest BCUT2D eigenvalue weighted by atomic mass is 15.2. The minimum atomic E-state index is 0.453. The fourth-order valence-corrected chi connectivity index (χ4v) is 1.95. The molecule has 0 aromatic carbocycles. The highest BCUT2D eigenvalue weighted by Crippen LogP contribution is 2.26. The zero-order valence-electron chi connectivity index (χ0n) is 10.7. The second kappa shape index (κ2) is 4.96. The molecule has 5 nitrogen and oxygen atoms in total. The van der Waals surface area contributed by atoms with Crippen LogP contribution in [0, 0.1) is 12.3 Å². The van der Waals surface area contributed by atoms with Crippen LogP contribution >= 0.6 is 0 Å². The fraction of sp³-hybridized carbons (Fsp3) is 0.385. The third-order valence-electron chi connectivity index (χ3n) is 2.79. The zero-order chi connectivity index (χ0) is 13.1. The van der Waals surface area contributed by atoms with Gasteiger partial charge in [-0.05, 0) is 6.42 Å². The van der Waals surface area contributed by atoms with Crippen molar-refractivity contribution in [3.63, 3.8) is 0 Å². The summed E-state index contributed by atoms with van der Waals surface area (Å²) in [5.74, 6) is 4.17. The predicted molar refractivity (Wildman–Crippen MR) is 71.7 cm³/mol. The maximum absolute atomic E-state index is 6.13. The standard InChI is InChI=1S/C13H17N5/c1-4-6-11-16-12(10-8-15-17(3)9-10)13(14)18(11)7-5-2/h2,8-9H,4,6-7,14H2,1,3H3. The molecule has 2 N–H and O–H groups in total. The van der Waals surface area contributed by atoms with Gasteiger partial charge in [0.05, 0.1) is 12.7 Å². The summed E-state index contributed by atoms with van der Waals surface area (Å²) >= 11 is 0. The molecule has 0 radical (unpaired) electrons. The molecule has 0 saturated carbocycles. The highest BCUT2D eigenvalue weighted by Gasteiger charge is 2.16. The van der Waals surface area contributed by atoms with E-state index < -0.39 is 0 Å². The first-order valence-corrected chi connectivity index (χ1v) is 5.94. The van der Waals surface area contributed by atoms with Gasteiger partial charge in [-0.3, -0.25) is 4.68 Å². The van der Waals surface area contributed by atoms with Crippen molar-refractivity contribution < 1.29 is 0 Å². The van der Waals surface area contributed by atoms with Crippen LogP contribution in [-0.2, 0) is 20.0 Å². The monoisotopic (exact) mass is 243 g/mol. The summed E-state index contributed by atoms with van der Waals surface area (Å²) < 4.78 is 3.63. The molecule has 0 aliphatic heterocycles. The van der Waals surface area contributed by atoms with Gasteiger partial charge < -0.3 is 10.3 Å². The fourth-order valence-electron chi connectivity index (χ4n) is 1.95. The molecule has 0 spiro atoms. The number of terminal acetylenes is 1. The van der Waals surface area contributed by atoms with Gasteiger partial charge in [-0.2, -0.15) is 5.10 Å². The van der Waals surface area contributed by atoms with E-state index in [1.54, 1.807) is 10.9 Å². The van der Waals surface area contributed by atoms with Crippen molar-refractivity contribution in [1.82, 2.24) is 19.3 Å². The summed E-state index contributed by atoms with van der Waals surface area (Å²) in [5, 5.41) is 4.14. The van der Waals surface area contributed by atoms with Crippen molar-refractivity contribution in [2.75, 3.05) is 5.73 Å². The van der Waals surface area contributed by atoms with Crippen LogP contribution in [0.15, 0.2) is 12.4 Å². The Hall–Kier alpha value is -2.22. The molecule has 18 heavy (non-hydrogen) atoms. The molecule has 0 saturated heterocycles. The van der Waals surface area contributed by atoms with E-state index in [2.05, 4.69) is 22.9 Å². The van der Waals surface area contributed by atoms with Gasteiger partial charge in [-0.1, -0.05) is 12.8 Å². The summed E-state index contributed by atoms with van der Waals surface area (Å²) in [5.41, 5.74) is 7.81. The number of anilines is 1. The van der Waals surface area contributed by atoms with Gasteiger partial charge in [0.2, 0.25) is 0 Å². The van der Waals surface area contributed by atoms with E-state index in [-0.39, 0.29) is 0 Å². The lowest BCUT2D eigenvalue weighted by molar-refractivity contribution is 0.733. The first kappa shape index (κ1) is 12.2. The van der Waals surface area contributed by atoms with Crippen LogP contribution in [0.1, 0.15) is 19.2 Å². The lowest BCUT2D eigenvalue weighted by Gasteiger charge is -2.04. The number of rotatable bonds is 4. The van der Waals surface area contributed by atoms with Crippen molar-refractivity contribution in [1.29, 1.82) is 0 Å². The van der Waals surface area contributed by atoms with Crippen LogP contribution < -0.4 is 5.73 Å². The molecule has 0 bridgehead atoms. The molecule has 5 heteroatoms. The van der Waals surface area contributed by atoms with Crippen molar-refractivity contribution in [3.8, 4) is 23.6 Å². The summed E-state index contributed by atoms with van der Waals surface area (Å²) in [4.78, 5) is 4.59. The van der Waals surface area contributed by atoms with E-state index in [1.807, 2.05) is 17.8 Å². The number of hydrogen-bond donors (Lipinski definition) is 1. The Morgan fingerprint density at radius 1 is 1.50 bits per heavy atom. The third kappa shape index (κ3) is 2.09. The zero-order valence-corrected chi connectivity index (χ0v) is 10.7. The topological polar surface area (TPSA) is 61.7 Å². The SMILES string of the molecule is C#CCn1c(CCC)nc(-c2cnn(C)c2)c1N. The molecule has 94 valence electrons. The first-order valence-electron chi connectivity index (χ1n) is 5.94. The molecule has 0 aliphatic carbocycles. The number of nitrogens with zero attached hydrogens (tertiary/aromatic N) is 4. The van der Waals surface area contributed by atoms with Gasteiger partial charge in [0.1, 0.15) is 17.3 Å². The maximum Gasteiger partial charge on any atom is 0.132 e. The van der Waals surface area contributed by atoms with Crippen molar-refractivity contribution >= 4 is 5.82 Å². The molecule has 0 amide bonds. The van der Waals surface area contributed by atoms with E-state index in [0.717, 1.165) is 29.9 Å². The number of imidazole rings is 1. The lowest BCUT2D eigenvalue weighted by atomic mass is 10.2. The number of aryl methyl sites for hydroxylation is 2. The minimum Gasteiger partial charge on any atom is -0.383 e. The van der Waals surface area contributed by atoms with Crippen molar-refractivity contribution in [3.05, 3.63) is 18.2 Å². The largest absolute Gasteiger partial charge is 0.383 e. The molecular formula is C13H17N5. The average Bonchev–Trinajstić information content (AvgIpc) is 2.88. The van der Waals surface area contributed by atoms with Crippen LogP contribution in [0.25, 0.3) is 11.3 Å².